The van der Waals surface area contributed by atoms with E-state index in [2.05, 4.69) is 0 Å². The SMILES string of the molecule is CC.CC1(C(=O)OCc2ccccc2)COC(=O)OC1. The monoisotopic (exact) mass is 280 g/mol. The molecule has 0 N–H and O–H groups in total. The van der Waals surface area contributed by atoms with E-state index >= 15 is 0 Å². The first-order valence-electron chi connectivity index (χ1n) is 6.61. The molecule has 1 heterocycles. The molecule has 2 rings (SSSR count). The van der Waals surface area contributed by atoms with Gasteiger partial charge in [-0.3, -0.25) is 4.79 Å². The second-order valence-corrected chi connectivity index (χ2v) is 4.45. The van der Waals surface area contributed by atoms with Crippen molar-refractivity contribution in [3.8, 4) is 0 Å². The Morgan fingerprint density at radius 2 is 1.75 bits per heavy atom. The molecule has 0 aliphatic carbocycles. The fourth-order valence-electron chi connectivity index (χ4n) is 1.53. The maximum absolute atomic E-state index is 11.9. The van der Waals surface area contributed by atoms with Gasteiger partial charge in [0.25, 0.3) is 0 Å². The molecule has 0 radical (unpaired) electrons. The van der Waals surface area contributed by atoms with Crippen LogP contribution in [0.25, 0.3) is 0 Å². The van der Waals surface area contributed by atoms with E-state index < -0.39 is 17.5 Å². The molecule has 0 amide bonds. The van der Waals surface area contributed by atoms with Gasteiger partial charge in [0.2, 0.25) is 0 Å². The van der Waals surface area contributed by atoms with Crippen molar-refractivity contribution in [1.29, 1.82) is 0 Å². The first-order valence-corrected chi connectivity index (χ1v) is 6.61. The van der Waals surface area contributed by atoms with Gasteiger partial charge in [-0.25, -0.2) is 4.79 Å². The highest BCUT2D eigenvalue weighted by Gasteiger charge is 2.41. The molecule has 20 heavy (non-hydrogen) atoms. The van der Waals surface area contributed by atoms with Gasteiger partial charge in [-0.05, 0) is 12.5 Å². The zero-order valence-electron chi connectivity index (χ0n) is 12.0. The van der Waals surface area contributed by atoms with Crippen LogP contribution in [-0.2, 0) is 25.6 Å². The third kappa shape index (κ3) is 4.26. The molecule has 1 fully saturated rings. The standard InChI is InChI=1S/C13H14O5.C2H6/c1-13(8-17-12(15)18-9-13)11(14)16-7-10-5-3-2-4-6-10;1-2/h2-6H,7-9H2,1H3;1-2H3. The molecule has 1 aliphatic rings. The van der Waals surface area contributed by atoms with Crippen LogP contribution in [0.2, 0.25) is 0 Å². The fourth-order valence-corrected chi connectivity index (χ4v) is 1.53. The summed E-state index contributed by atoms with van der Waals surface area (Å²) in [5, 5.41) is 0. The summed E-state index contributed by atoms with van der Waals surface area (Å²) in [4.78, 5) is 22.7. The summed E-state index contributed by atoms with van der Waals surface area (Å²) in [6.45, 7) is 5.81. The van der Waals surface area contributed by atoms with Crippen molar-refractivity contribution in [2.75, 3.05) is 13.2 Å². The number of hydrogen-bond donors (Lipinski definition) is 0. The Hall–Kier alpha value is -2.04. The largest absolute Gasteiger partial charge is 0.508 e. The zero-order chi connectivity index (χ0) is 15.0. The topological polar surface area (TPSA) is 61.8 Å². The molecule has 110 valence electrons. The maximum Gasteiger partial charge on any atom is 0.508 e. The van der Waals surface area contributed by atoms with E-state index in [1.165, 1.54) is 0 Å². The van der Waals surface area contributed by atoms with E-state index in [-0.39, 0.29) is 19.8 Å². The number of benzene rings is 1. The summed E-state index contributed by atoms with van der Waals surface area (Å²) in [5.41, 5.74) is -0.0222. The third-order valence-electron chi connectivity index (χ3n) is 2.72. The first-order chi connectivity index (χ1) is 9.60. The molecule has 0 unspecified atom stereocenters. The molecular weight excluding hydrogens is 260 g/mol. The molecule has 5 heteroatoms. The van der Waals surface area contributed by atoms with E-state index in [1.807, 2.05) is 44.2 Å². The van der Waals surface area contributed by atoms with E-state index in [0.717, 1.165) is 5.56 Å². The second kappa shape index (κ2) is 7.53. The summed E-state index contributed by atoms with van der Waals surface area (Å²) in [5.74, 6) is -0.432. The van der Waals surface area contributed by atoms with Gasteiger partial charge in [0.05, 0.1) is 0 Å². The van der Waals surface area contributed by atoms with Crippen molar-refractivity contribution in [2.45, 2.75) is 27.4 Å². The molecule has 0 bridgehead atoms. The number of carbonyl (C=O) groups is 2. The molecule has 0 saturated carbocycles. The average molecular weight is 280 g/mol. The van der Waals surface area contributed by atoms with Crippen molar-refractivity contribution < 1.29 is 23.8 Å². The second-order valence-electron chi connectivity index (χ2n) is 4.45. The quantitative estimate of drug-likeness (QED) is 0.797. The Morgan fingerprint density at radius 3 is 2.30 bits per heavy atom. The maximum atomic E-state index is 11.9. The summed E-state index contributed by atoms with van der Waals surface area (Å²) in [6.07, 6.45) is -0.747. The lowest BCUT2D eigenvalue weighted by Gasteiger charge is -2.29. The van der Waals surface area contributed by atoms with Gasteiger partial charge in [0.15, 0.2) is 0 Å². The van der Waals surface area contributed by atoms with Gasteiger partial charge < -0.3 is 14.2 Å². The van der Waals surface area contributed by atoms with Gasteiger partial charge in [-0.2, -0.15) is 0 Å². The highest BCUT2D eigenvalue weighted by atomic mass is 16.7. The lowest BCUT2D eigenvalue weighted by Crippen LogP contribution is -2.44. The minimum absolute atomic E-state index is 0.0144. The van der Waals surface area contributed by atoms with Crippen molar-refractivity contribution in [1.82, 2.24) is 0 Å². The number of rotatable bonds is 3. The Labute approximate surface area is 118 Å². The molecule has 1 aromatic carbocycles. The summed E-state index contributed by atoms with van der Waals surface area (Å²) in [6, 6.07) is 9.37. The Balaban J connectivity index is 0.000000956. The van der Waals surface area contributed by atoms with Crippen LogP contribution in [0.4, 0.5) is 4.79 Å². The number of carbonyl (C=O) groups excluding carboxylic acids is 2. The van der Waals surface area contributed by atoms with Crippen LogP contribution in [0, 0.1) is 5.41 Å². The van der Waals surface area contributed by atoms with Gasteiger partial charge in [-0.1, -0.05) is 44.2 Å². The van der Waals surface area contributed by atoms with Gasteiger partial charge in [0.1, 0.15) is 25.2 Å². The lowest BCUT2D eigenvalue weighted by atomic mass is 9.93. The average Bonchev–Trinajstić information content (AvgIpc) is 2.51. The van der Waals surface area contributed by atoms with Gasteiger partial charge in [0, 0.05) is 0 Å². The van der Waals surface area contributed by atoms with E-state index in [9.17, 15) is 9.59 Å². The van der Waals surface area contributed by atoms with Crippen LogP contribution in [0.15, 0.2) is 30.3 Å². The molecule has 0 aromatic heterocycles. The summed E-state index contributed by atoms with van der Waals surface area (Å²) >= 11 is 0. The third-order valence-corrected chi connectivity index (χ3v) is 2.72. The fraction of sp³-hybridized carbons (Fsp3) is 0.467. The smallest absolute Gasteiger partial charge is 0.460 e. The zero-order valence-corrected chi connectivity index (χ0v) is 12.0. The molecule has 5 nitrogen and oxygen atoms in total. The predicted octanol–water partition coefficient (Wildman–Crippen LogP) is 2.93. The van der Waals surface area contributed by atoms with E-state index in [0.29, 0.717) is 0 Å². The van der Waals surface area contributed by atoms with Crippen LogP contribution in [0.5, 0.6) is 0 Å². The normalized spacial score (nSPS) is 16.1. The first kappa shape index (κ1) is 16.0. The molecule has 1 saturated heterocycles. The van der Waals surface area contributed by atoms with Gasteiger partial charge in [-0.15, -0.1) is 0 Å². The lowest BCUT2D eigenvalue weighted by molar-refractivity contribution is -0.167. The molecule has 0 atom stereocenters. The Kier molecular flexibility index (Phi) is 6.03. The van der Waals surface area contributed by atoms with Crippen molar-refractivity contribution in [2.24, 2.45) is 5.41 Å². The highest BCUT2D eigenvalue weighted by molar-refractivity contribution is 5.78. The van der Waals surface area contributed by atoms with E-state index in [1.54, 1.807) is 6.92 Å². The predicted molar refractivity (Wildman–Crippen MR) is 73.0 cm³/mol. The van der Waals surface area contributed by atoms with Crippen molar-refractivity contribution in [3.05, 3.63) is 35.9 Å². The van der Waals surface area contributed by atoms with Gasteiger partial charge >= 0.3 is 12.1 Å². The van der Waals surface area contributed by atoms with E-state index in [4.69, 9.17) is 14.2 Å². The minimum atomic E-state index is -0.928. The van der Waals surface area contributed by atoms with Crippen LogP contribution in [0.3, 0.4) is 0 Å². The Morgan fingerprint density at radius 1 is 1.20 bits per heavy atom. The minimum Gasteiger partial charge on any atom is -0.460 e. The van der Waals surface area contributed by atoms with Crippen molar-refractivity contribution in [3.63, 3.8) is 0 Å². The van der Waals surface area contributed by atoms with Crippen LogP contribution in [-0.4, -0.2) is 25.3 Å². The number of ether oxygens (including phenoxy) is 3. The Bertz CT molecular complexity index is 431. The molecule has 0 spiro atoms. The highest BCUT2D eigenvalue weighted by Crippen LogP contribution is 2.24. The van der Waals surface area contributed by atoms with Crippen LogP contribution in [0.1, 0.15) is 26.3 Å². The molecule has 1 aliphatic heterocycles. The van der Waals surface area contributed by atoms with Crippen LogP contribution >= 0.6 is 0 Å². The summed E-state index contributed by atoms with van der Waals surface area (Å²) < 4.78 is 14.6. The van der Waals surface area contributed by atoms with Crippen LogP contribution < -0.4 is 0 Å². The summed E-state index contributed by atoms with van der Waals surface area (Å²) in [7, 11) is 0. The number of hydrogen-bond acceptors (Lipinski definition) is 5. The molecule has 1 aromatic rings. The van der Waals surface area contributed by atoms with Crippen molar-refractivity contribution >= 4 is 12.1 Å². The molecular formula is C15H20O5. The number of cyclic esters (lactones) is 2. The number of esters is 1.